The SMILES string of the molecule is C[CH]c1nc2c(Cl)nc(C(F)(F)F)nc2n1CC. The number of aromatic nitrogens is 4. The first-order valence-corrected chi connectivity index (χ1v) is 5.56. The van der Waals surface area contributed by atoms with Crippen LogP contribution in [0.3, 0.4) is 0 Å². The molecule has 0 unspecified atom stereocenters. The molecule has 2 heterocycles. The summed E-state index contributed by atoms with van der Waals surface area (Å²) < 4.78 is 39.4. The van der Waals surface area contributed by atoms with Crippen molar-refractivity contribution < 1.29 is 13.2 Å². The molecule has 0 atom stereocenters. The first-order chi connectivity index (χ1) is 8.38. The highest BCUT2D eigenvalue weighted by Gasteiger charge is 2.36. The molecular formula is C10H9ClF3N4. The Labute approximate surface area is 106 Å². The molecule has 0 aromatic carbocycles. The molecular weight excluding hydrogens is 269 g/mol. The second-order valence-corrected chi connectivity index (χ2v) is 3.87. The molecule has 8 heteroatoms. The average molecular weight is 278 g/mol. The predicted molar refractivity (Wildman–Crippen MR) is 60.1 cm³/mol. The number of aryl methyl sites for hydroxylation is 1. The van der Waals surface area contributed by atoms with Crippen molar-refractivity contribution in [1.82, 2.24) is 19.5 Å². The third-order valence-corrected chi connectivity index (χ3v) is 2.67. The number of hydrogen-bond acceptors (Lipinski definition) is 3. The fourth-order valence-corrected chi connectivity index (χ4v) is 1.85. The third kappa shape index (κ3) is 2.03. The van der Waals surface area contributed by atoms with Crippen LogP contribution in [0.5, 0.6) is 0 Å². The minimum atomic E-state index is -4.63. The predicted octanol–water partition coefficient (Wildman–Crippen LogP) is 3.09. The maximum Gasteiger partial charge on any atom is 0.451 e. The van der Waals surface area contributed by atoms with Gasteiger partial charge in [-0.15, -0.1) is 0 Å². The Morgan fingerprint density at radius 3 is 2.44 bits per heavy atom. The smallest absolute Gasteiger partial charge is 0.313 e. The molecule has 4 nitrogen and oxygen atoms in total. The summed E-state index contributed by atoms with van der Waals surface area (Å²) in [7, 11) is 0. The molecule has 97 valence electrons. The summed E-state index contributed by atoms with van der Waals surface area (Å²) in [6.07, 6.45) is -2.95. The molecule has 0 saturated heterocycles. The van der Waals surface area contributed by atoms with E-state index in [0.717, 1.165) is 0 Å². The monoisotopic (exact) mass is 277 g/mol. The molecule has 0 fully saturated rings. The topological polar surface area (TPSA) is 43.6 Å². The van der Waals surface area contributed by atoms with Crippen LogP contribution in [0.15, 0.2) is 0 Å². The van der Waals surface area contributed by atoms with E-state index in [1.165, 1.54) is 0 Å². The van der Waals surface area contributed by atoms with Crippen molar-refractivity contribution in [2.75, 3.05) is 0 Å². The molecule has 2 rings (SSSR count). The van der Waals surface area contributed by atoms with Crippen LogP contribution in [0.25, 0.3) is 11.2 Å². The van der Waals surface area contributed by atoms with E-state index in [9.17, 15) is 13.2 Å². The van der Waals surface area contributed by atoms with Gasteiger partial charge in [-0.05, 0) is 6.92 Å². The molecule has 2 aromatic heterocycles. The molecule has 0 aliphatic carbocycles. The lowest BCUT2D eigenvalue weighted by molar-refractivity contribution is -0.144. The molecule has 0 spiro atoms. The Morgan fingerprint density at radius 1 is 1.28 bits per heavy atom. The van der Waals surface area contributed by atoms with E-state index in [1.807, 2.05) is 0 Å². The molecule has 0 aliphatic heterocycles. The Balaban J connectivity index is 2.78. The first-order valence-electron chi connectivity index (χ1n) is 5.18. The Hall–Kier alpha value is -1.37. The number of hydrogen-bond donors (Lipinski definition) is 0. The van der Waals surface area contributed by atoms with Crippen molar-refractivity contribution >= 4 is 22.8 Å². The summed E-state index contributed by atoms with van der Waals surface area (Å²) in [4.78, 5) is 10.8. The van der Waals surface area contributed by atoms with E-state index in [0.29, 0.717) is 12.4 Å². The van der Waals surface area contributed by atoms with E-state index in [4.69, 9.17) is 11.6 Å². The van der Waals surface area contributed by atoms with Crippen LogP contribution in [-0.2, 0) is 12.7 Å². The van der Waals surface area contributed by atoms with Crippen LogP contribution >= 0.6 is 11.6 Å². The molecule has 0 bridgehead atoms. The minimum Gasteiger partial charge on any atom is -0.313 e. The molecule has 2 aromatic rings. The van der Waals surface area contributed by atoms with Crippen LogP contribution < -0.4 is 0 Å². The summed E-state index contributed by atoms with van der Waals surface area (Å²) in [5.41, 5.74) is 0.276. The van der Waals surface area contributed by atoms with Gasteiger partial charge in [-0.1, -0.05) is 18.5 Å². The maximum absolute atomic E-state index is 12.6. The largest absolute Gasteiger partial charge is 0.451 e. The number of halogens is 4. The Morgan fingerprint density at radius 2 is 1.94 bits per heavy atom. The number of imidazole rings is 1. The van der Waals surface area contributed by atoms with Crippen LogP contribution in [0.2, 0.25) is 5.15 Å². The van der Waals surface area contributed by atoms with E-state index in [2.05, 4.69) is 15.0 Å². The lowest BCUT2D eigenvalue weighted by atomic mass is 10.4. The van der Waals surface area contributed by atoms with Gasteiger partial charge >= 0.3 is 6.18 Å². The molecule has 1 radical (unpaired) electrons. The van der Waals surface area contributed by atoms with Crippen molar-refractivity contribution in [2.24, 2.45) is 0 Å². The van der Waals surface area contributed by atoms with Gasteiger partial charge in [0.05, 0.1) is 0 Å². The van der Waals surface area contributed by atoms with Crippen molar-refractivity contribution in [3.8, 4) is 0 Å². The fraction of sp³-hybridized carbons (Fsp3) is 0.400. The van der Waals surface area contributed by atoms with Gasteiger partial charge in [0.25, 0.3) is 0 Å². The van der Waals surface area contributed by atoms with Crippen molar-refractivity contribution in [1.29, 1.82) is 0 Å². The molecule has 0 aliphatic rings. The van der Waals surface area contributed by atoms with Gasteiger partial charge in [0.15, 0.2) is 10.8 Å². The first kappa shape index (κ1) is 13.1. The Kier molecular flexibility index (Phi) is 3.18. The highest BCUT2D eigenvalue weighted by molar-refractivity contribution is 6.33. The molecule has 0 N–H and O–H groups in total. The van der Waals surface area contributed by atoms with Gasteiger partial charge < -0.3 is 4.57 Å². The number of fused-ring (bicyclic) bond motifs is 1. The number of alkyl halides is 3. The zero-order valence-electron chi connectivity index (χ0n) is 9.59. The van der Waals surface area contributed by atoms with Crippen LogP contribution in [0.4, 0.5) is 13.2 Å². The molecule has 18 heavy (non-hydrogen) atoms. The summed E-state index contributed by atoms with van der Waals surface area (Å²) in [6.45, 7) is 3.97. The van der Waals surface area contributed by atoms with E-state index in [-0.39, 0.29) is 16.3 Å². The average Bonchev–Trinajstić information content (AvgIpc) is 2.65. The van der Waals surface area contributed by atoms with Gasteiger partial charge in [-0.3, -0.25) is 0 Å². The fourth-order valence-electron chi connectivity index (χ4n) is 1.64. The molecule has 0 saturated carbocycles. The van der Waals surface area contributed by atoms with Crippen molar-refractivity contribution in [3.63, 3.8) is 0 Å². The van der Waals surface area contributed by atoms with Crippen molar-refractivity contribution in [3.05, 3.63) is 23.2 Å². The molecule has 0 amide bonds. The summed E-state index contributed by atoms with van der Waals surface area (Å²) in [5, 5.41) is -0.289. The minimum absolute atomic E-state index is 0.0953. The second kappa shape index (κ2) is 4.38. The second-order valence-electron chi connectivity index (χ2n) is 3.51. The quantitative estimate of drug-likeness (QED) is 0.792. The number of nitrogens with zero attached hydrogens (tertiary/aromatic N) is 4. The summed E-state index contributed by atoms with van der Waals surface area (Å²) in [5.74, 6) is -0.736. The highest BCUT2D eigenvalue weighted by Crippen LogP contribution is 2.30. The van der Waals surface area contributed by atoms with Gasteiger partial charge in [0.2, 0.25) is 5.82 Å². The zero-order valence-corrected chi connectivity index (χ0v) is 10.3. The summed E-state index contributed by atoms with van der Waals surface area (Å²) >= 11 is 5.73. The van der Waals surface area contributed by atoms with Crippen LogP contribution in [0, 0.1) is 6.42 Å². The van der Waals surface area contributed by atoms with Gasteiger partial charge in [-0.25, -0.2) is 15.0 Å². The van der Waals surface area contributed by atoms with Crippen LogP contribution in [-0.4, -0.2) is 19.5 Å². The number of rotatable bonds is 2. The van der Waals surface area contributed by atoms with Crippen LogP contribution in [0.1, 0.15) is 25.5 Å². The van der Waals surface area contributed by atoms with Gasteiger partial charge in [0.1, 0.15) is 11.3 Å². The van der Waals surface area contributed by atoms with Gasteiger partial charge in [-0.2, -0.15) is 13.2 Å². The maximum atomic E-state index is 12.6. The lowest BCUT2D eigenvalue weighted by Crippen LogP contribution is -2.12. The highest BCUT2D eigenvalue weighted by atomic mass is 35.5. The van der Waals surface area contributed by atoms with E-state index in [1.54, 1.807) is 24.8 Å². The van der Waals surface area contributed by atoms with E-state index >= 15 is 0 Å². The van der Waals surface area contributed by atoms with Gasteiger partial charge in [0, 0.05) is 13.0 Å². The zero-order chi connectivity index (χ0) is 13.5. The Bertz CT molecular complexity index is 591. The lowest BCUT2D eigenvalue weighted by Gasteiger charge is -2.06. The van der Waals surface area contributed by atoms with E-state index < -0.39 is 12.0 Å². The summed E-state index contributed by atoms with van der Waals surface area (Å²) in [6, 6.07) is 0. The normalized spacial score (nSPS) is 12.3. The third-order valence-electron chi connectivity index (χ3n) is 2.41. The standard InChI is InChI=1S/C10H9ClF3N4/c1-3-5-15-6-7(11)16-9(10(12,13)14)17-8(6)18(5)4-2/h3H,4H2,1-2H3. The van der Waals surface area contributed by atoms with Crippen molar-refractivity contribution in [2.45, 2.75) is 26.6 Å².